The van der Waals surface area contributed by atoms with Gasteiger partial charge in [-0.25, -0.2) is 4.98 Å². The molecule has 1 aliphatic heterocycles. The second-order valence-corrected chi connectivity index (χ2v) is 7.27. The van der Waals surface area contributed by atoms with Crippen molar-refractivity contribution in [3.05, 3.63) is 71.4 Å². The van der Waals surface area contributed by atoms with E-state index in [4.69, 9.17) is 9.47 Å². The Hall–Kier alpha value is -4.07. The van der Waals surface area contributed by atoms with Gasteiger partial charge in [0.15, 0.2) is 17.3 Å². The molecule has 0 saturated heterocycles. The van der Waals surface area contributed by atoms with Gasteiger partial charge in [-0.1, -0.05) is 6.07 Å². The van der Waals surface area contributed by atoms with Crippen molar-refractivity contribution in [1.29, 1.82) is 0 Å². The molecule has 0 spiro atoms. The number of rotatable bonds is 5. The first-order chi connectivity index (χ1) is 14.9. The van der Waals surface area contributed by atoms with Crippen LogP contribution in [0.15, 0.2) is 54.7 Å². The van der Waals surface area contributed by atoms with Crippen molar-refractivity contribution < 1.29 is 19.1 Å². The number of hydrogen-bond acceptors (Lipinski definition) is 6. The molecule has 2 aromatic carbocycles. The third kappa shape index (κ3) is 4.28. The summed E-state index contributed by atoms with van der Waals surface area (Å²) in [5.74, 6) is 1.19. The molecule has 8 heteroatoms. The van der Waals surface area contributed by atoms with Crippen molar-refractivity contribution >= 4 is 29.0 Å². The van der Waals surface area contributed by atoms with E-state index < -0.39 is 0 Å². The molecule has 1 aromatic heterocycles. The number of nitrogens with zero attached hydrogens (tertiary/aromatic N) is 2. The smallest absolute Gasteiger partial charge is 0.255 e. The molecule has 1 aliphatic rings. The molecule has 31 heavy (non-hydrogen) atoms. The van der Waals surface area contributed by atoms with Gasteiger partial charge >= 0.3 is 0 Å². The summed E-state index contributed by atoms with van der Waals surface area (Å²) in [5.41, 5.74) is 2.84. The minimum absolute atomic E-state index is 0.142. The van der Waals surface area contributed by atoms with Gasteiger partial charge < -0.3 is 25.0 Å². The Morgan fingerprint density at radius 2 is 1.58 bits per heavy atom. The molecular formula is C23H22N4O4. The number of ether oxygens (including phenoxy) is 2. The zero-order valence-corrected chi connectivity index (χ0v) is 17.4. The molecule has 2 amide bonds. The molecular weight excluding hydrogens is 396 g/mol. The molecule has 0 atom stereocenters. The highest BCUT2D eigenvalue weighted by Gasteiger charge is 2.18. The normalized spacial score (nSPS) is 11.7. The molecule has 0 saturated carbocycles. The fourth-order valence-electron chi connectivity index (χ4n) is 3.18. The van der Waals surface area contributed by atoms with Crippen molar-refractivity contribution in [2.45, 2.75) is 6.92 Å². The number of aryl methyl sites for hydroxylation is 1. The molecule has 158 valence electrons. The largest absolute Gasteiger partial charge is 0.454 e. The van der Waals surface area contributed by atoms with Gasteiger partial charge in [-0.3, -0.25) is 9.59 Å². The summed E-state index contributed by atoms with van der Waals surface area (Å²) in [6.07, 6.45) is 1.67. The average molecular weight is 418 g/mol. The van der Waals surface area contributed by atoms with Gasteiger partial charge in [0, 0.05) is 37.1 Å². The molecule has 3 aromatic rings. The molecule has 0 radical (unpaired) electrons. The maximum Gasteiger partial charge on any atom is 0.255 e. The first kappa shape index (κ1) is 20.2. The van der Waals surface area contributed by atoms with Crippen molar-refractivity contribution in [1.82, 2.24) is 4.98 Å². The van der Waals surface area contributed by atoms with Crippen molar-refractivity contribution in [2.24, 2.45) is 0 Å². The van der Waals surface area contributed by atoms with Gasteiger partial charge in [-0.15, -0.1) is 0 Å². The van der Waals surface area contributed by atoms with Crippen LogP contribution in [0.3, 0.4) is 0 Å². The Kier molecular flexibility index (Phi) is 5.44. The third-order valence-corrected chi connectivity index (χ3v) is 4.84. The van der Waals surface area contributed by atoms with Gasteiger partial charge in [0.2, 0.25) is 6.79 Å². The second kappa shape index (κ2) is 8.35. The summed E-state index contributed by atoms with van der Waals surface area (Å²) in [5, 5.41) is 5.75. The van der Waals surface area contributed by atoms with Gasteiger partial charge in [0.1, 0.15) is 0 Å². The Morgan fingerprint density at radius 1 is 0.903 bits per heavy atom. The summed E-state index contributed by atoms with van der Waals surface area (Å²) in [7, 11) is 3.71. The number of aromatic nitrogens is 1. The van der Waals surface area contributed by atoms with Crippen LogP contribution in [0.2, 0.25) is 0 Å². The van der Waals surface area contributed by atoms with Crippen LogP contribution in [0.1, 0.15) is 26.3 Å². The number of anilines is 3. The number of hydrogen-bond donors (Lipinski definition) is 2. The van der Waals surface area contributed by atoms with E-state index in [1.807, 2.05) is 25.9 Å². The summed E-state index contributed by atoms with van der Waals surface area (Å²) >= 11 is 0. The minimum atomic E-state index is -0.305. The second-order valence-electron chi connectivity index (χ2n) is 7.27. The topological polar surface area (TPSA) is 92.8 Å². The molecule has 8 nitrogen and oxygen atoms in total. The number of benzene rings is 2. The van der Waals surface area contributed by atoms with Crippen LogP contribution in [0.25, 0.3) is 0 Å². The fraction of sp³-hybridized carbons (Fsp3) is 0.174. The quantitative estimate of drug-likeness (QED) is 0.657. The van der Waals surface area contributed by atoms with Crippen LogP contribution >= 0.6 is 0 Å². The van der Waals surface area contributed by atoms with Gasteiger partial charge in [-0.2, -0.15) is 0 Å². The monoisotopic (exact) mass is 418 g/mol. The van der Waals surface area contributed by atoms with Gasteiger partial charge in [0.05, 0.1) is 5.69 Å². The molecule has 2 heterocycles. The van der Waals surface area contributed by atoms with Crippen LogP contribution in [-0.2, 0) is 0 Å². The standard InChI is InChI=1S/C23H22N4O4/c1-14-6-7-15(22(28)25-17-5-4-10-24-21(17)27(2)3)11-18(14)26-23(29)16-8-9-19-20(12-16)31-13-30-19/h4-12H,13H2,1-3H3,(H,25,28)(H,26,29). The van der Waals surface area contributed by atoms with Crippen LogP contribution in [0.4, 0.5) is 17.2 Å². The first-order valence-corrected chi connectivity index (χ1v) is 9.68. The van der Waals surface area contributed by atoms with E-state index in [-0.39, 0.29) is 18.6 Å². The number of fused-ring (bicyclic) bond motifs is 1. The SMILES string of the molecule is Cc1ccc(C(=O)Nc2cccnc2N(C)C)cc1NC(=O)c1ccc2c(c1)OCO2. The number of nitrogens with one attached hydrogen (secondary N) is 2. The lowest BCUT2D eigenvalue weighted by atomic mass is 10.1. The summed E-state index contributed by atoms with van der Waals surface area (Å²) in [4.78, 5) is 31.7. The molecule has 0 aliphatic carbocycles. The highest BCUT2D eigenvalue weighted by atomic mass is 16.7. The van der Waals surface area contributed by atoms with E-state index in [0.717, 1.165) is 5.56 Å². The van der Waals surface area contributed by atoms with E-state index in [2.05, 4.69) is 15.6 Å². The average Bonchev–Trinajstić information content (AvgIpc) is 3.23. The highest BCUT2D eigenvalue weighted by molar-refractivity contribution is 6.08. The van der Waals surface area contributed by atoms with E-state index in [9.17, 15) is 9.59 Å². The predicted octanol–water partition coefficient (Wildman–Crippen LogP) is 3.69. The lowest BCUT2D eigenvalue weighted by molar-refractivity contribution is 0.101. The molecule has 0 unspecified atom stereocenters. The Labute approximate surface area is 179 Å². The Balaban J connectivity index is 1.53. The van der Waals surface area contributed by atoms with E-state index in [1.165, 1.54) is 0 Å². The third-order valence-electron chi connectivity index (χ3n) is 4.84. The Bertz CT molecular complexity index is 1160. The number of pyridine rings is 1. The summed E-state index contributed by atoms with van der Waals surface area (Å²) in [6, 6.07) is 13.7. The summed E-state index contributed by atoms with van der Waals surface area (Å²) < 4.78 is 10.6. The predicted molar refractivity (Wildman–Crippen MR) is 118 cm³/mol. The first-order valence-electron chi connectivity index (χ1n) is 9.68. The molecule has 0 bridgehead atoms. The van der Waals surface area contributed by atoms with Crippen LogP contribution in [0, 0.1) is 6.92 Å². The molecule has 4 rings (SSSR count). The fourth-order valence-corrected chi connectivity index (χ4v) is 3.18. The van der Waals surface area contributed by atoms with Crippen molar-refractivity contribution in [2.75, 3.05) is 36.4 Å². The molecule has 2 N–H and O–H groups in total. The van der Waals surface area contributed by atoms with Crippen LogP contribution in [0.5, 0.6) is 11.5 Å². The van der Waals surface area contributed by atoms with E-state index >= 15 is 0 Å². The van der Waals surface area contributed by atoms with Crippen molar-refractivity contribution in [3.63, 3.8) is 0 Å². The number of amides is 2. The summed E-state index contributed by atoms with van der Waals surface area (Å²) in [6.45, 7) is 2.01. The number of carbonyl (C=O) groups excluding carboxylic acids is 2. The Morgan fingerprint density at radius 3 is 2.35 bits per heavy atom. The van der Waals surface area contributed by atoms with Gasteiger partial charge in [-0.05, 0) is 55.0 Å². The zero-order valence-electron chi connectivity index (χ0n) is 17.4. The maximum atomic E-state index is 12.8. The van der Waals surface area contributed by atoms with E-state index in [1.54, 1.807) is 54.7 Å². The van der Waals surface area contributed by atoms with Crippen molar-refractivity contribution in [3.8, 4) is 11.5 Å². The maximum absolute atomic E-state index is 12.8. The minimum Gasteiger partial charge on any atom is -0.454 e. The van der Waals surface area contributed by atoms with Crippen LogP contribution in [-0.4, -0.2) is 37.7 Å². The van der Waals surface area contributed by atoms with Gasteiger partial charge in [0.25, 0.3) is 11.8 Å². The highest BCUT2D eigenvalue weighted by Crippen LogP contribution is 2.33. The molecule has 0 fully saturated rings. The van der Waals surface area contributed by atoms with Crippen LogP contribution < -0.4 is 25.0 Å². The lowest BCUT2D eigenvalue weighted by Gasteiger charge is -2.16. The number of carbonyl (C=O) groups is 2. The van der Waals surface area contributed by atoms with E-state index in [0.29, 0.717) is 39.8 Å². The zero-order chi connectivity index (χ0) is 22.0. The lowest BCUT2D eigenvalue weighted by Crippen LogP contribution is -2.18.